The predicted molar refractivity (Wildman–Crippen MR) is 80.9 cm³/mol. The maximum absolute atomic E-state index is 2.31. The van der Waals surface area contributed by atoms with Crippen molar-refractivity contribution in [2.75, 3.05) is 0 Å². The number of benzene rings is 2. The molecule has 0 radical (unpaired) electrons. The molecule has 0 fully saturated rings. The number of rotatable bonds is 5. The summed E-state index contributed by atoms with van der Waals surface area (Å²) in [6.07, 6.45) is 8.65. The molecule has 0 bridgehead atoms. The molecule has 0 heterocycles. The van der Waals surface area contributed by atoms with Crippen molar-refractivity contribution in [1.29, 1.82) is 0 Å². The van der Waals surface area contributed by atoms with E-state index in [4.69, 9.17) is 0 Å². The monoisotopic (exact) mass is 430 g/mol. The summed E-state index contributed by atoms with van der Waals surface area (Å²) in [4.78, 5) is 1.18. The molecule has 101 valence electrons. The molecule has 0 spiro atoms. The van der Waals surface area contributed by atoms with Crippen LogP contribution in [0.1, 0.15) is 6.92 Å². The van der Waals surface area contributed by atoms with Crippen molar-refractivity contribution in [3.8, 4) is 0 Å². The third kappa shape index (κ3) is 4.33. The summed E-state index contributed by atoms with van der Waals surface area (Å²) in [7, 11) is 0. The van der Waals surface area contributed by atoms with E-state index < -0.39 is 17.3 Å². The maximum atomic E-state index is 2.31. The quantitative estimate of drug-likeness (QED) is 0.633. The van der Waals surface area contributed by atoms with E-state index in [9.17, 15) is 0 Å². The third-order valence-electron chi connectivity index (χ3n) is 2.51. The summed E-state index contributed by atoms with van der Waals surface area (Å²) in [5, 5.41) is 0. The first kappa shape index (κ1) is 14.0. The molecule has 0 unspecified atom stereocenters. The van der Waals surface area contributed by atoms with Gasteiger partial charge < -0.3 is 0 Å². The van der Waals surface area contributed by atoms with Crippen molar-refractivity contribution in [3.05, 3.63) is 85.0 Å². The average Bonchev–Trinajstić information content (AvgIpc) is 2.49. The Morgan fingerprint density at radius 2 is 1.32 bits per heavy atom. The van der Waals surface area contributed by atoms with Crippen molar-refractivity contribution in [2.45, 2.75) is 11.7 Å². The van der Waals surface area contributed by atoms with Crippen LogP contribution in [0, 0.1) is 0 Å². The Morgan fingerprint density at radius 1 is 0.789 bits per heavy atom. The van der Waals surface area contributed by atoms with E-state index in [1.165, 1.54) is 12.7 Å². The summed E-state index contributed by atoms with van der Waals surface area (Å²) in [5.74, 6) is 0. The molecule has 0 N–H and O–H groups in total. The van der Waals surface area contributed by atoms with Crippen LogP contribution in [0.4, 0.5) is 0 Å². The summed E-state index contributed by atoms with van der Waals surface area (Å²) in [6, 6.07) is 21.9. The Bertz CT molecular complexity index is 487. The van der Waals surface area contributed by atoms with Gasteiger partial charge in [0.05, 0.1) is 0 Å². The van der Waals surface area contributed by atoms with E-state index in [2.05, 4.69) is 91.9 Å². The Balaban J connectivity index is 2.24. The van der Waals surface area contributed by atoms with Crippen LogP contribution in [-0.4, -0.2) is 0 Å². The second kappa shape index (κ2) is 7.92. The topological polar surface area (TPSA) is 0 Å². The first-order chi connectivity index (χ1) is 9.42. The van der Waals surface area contributed by atoms with Crippen LogP contribution < -0.4 is 7.91 Å². The Morgan fingerprint density at radius 3 is 1.79 bits per heavy atom. The fourth-order valence-corrected chi connectivity index (χ4v) is 7.00. The standard InChI is InChI=1S/2C6H5.C6H9.Pt/c2*1-2-4-6-5-3-1;1-3-5-6-4-2;/h2*1-5H;3-6H,1H2,2H3;. The molecule has 1 heteroatoms. The van der Waals surface area contributed by atoms with Crippen molar-refractivity contribution in [1.82, 2.24) is 0 Å². The van der Waals surface area contributed by atoms with Crippen LogP contribution >= 0.6 is 0 Å². The number of hydrogen-bond acceptors (Lipinski definition) is 0. The number of hydrogen-bond donors (Lipinski definition) is 0. The van der Waals surface area contributed by atoms with Gasteiger partial charge in [0.1, 0.15) is 0 Å². The van der Waals surface area contributed by atoms with E-state index >= 15 is 0 Å². The molecule has 0 saturated carbocycles. The zero-order valence-electron chi connectivity index (χ0n) is 11.1. The second-order valence-electron chi connectivity index (χ2n) is 3.91. The van der Waals surface area contributed by atoms with E-state index in [-0.39, 0.29) is 0 Å². The van der Waals surface area contributed by atoms with Gasteiger partial charge in [0.25, 0.3) is 0 Å². The molecule has 0 aliphatic heterocycles. The van der Waals surface area contributed by atoms with Crippen LogP contribution in [0.2, 0.25) is 4.81 Å². The molecule has 0 aliphatic carbocycles. The molecule has 2 aromatic carbocycles. The molecule has 0 amide bonds. The van der Waals surface area contributed by atoms with Crippen molar-refractivity contribution in [3.63, 3.8) is 0 Å². The molecule has 0 nitrogen and oxygen atoms in total. The van der Waals surface area contributed by atoms with Gasteiger partial charge in [-0.1, -0.05) is 0 Å². The molecule has 2 rings (SSSR count). The van der Waals surface area contributed by atoms with Gasteiger partial charge in [-0.3, -0.25) is 0 Å². The normalized spacial score (nSPS) is 12.2. The summed E-state index contributed by atoms with van der Waals surface area (Å²) < 4.78 is 3.06. The zero-order chi connectivity index (χ0) is 13.3. The van der Waals surface area contributed by atoms with Gasteiger partial charge in [-0.15, -0.1) is 0 Å². The van der Waals surface area contributed by atoms with Gasteiger partial charge in [-0.05, 0) is 0 Å². The van der Waals surface area contributed by atoms with Crippen LogP contribution in [0.5, 0.6) is 0 Å². The molecule has 2 aromatic rings. The molecule has 0 saturated heterocycles. The van der Waals surface area contributed by atoms with Gasteiger partial charge in [-0.25, -0.2) is 0 Å². The Hall–Kier alpha value is -1.39. The fraction of sp³-hybridized carbons (Fsp3) is 0.111. The van der Waals surface area contributed by atoms with Gasteiger partial charge in [0.2, 0.25) is 0 Å². The molecule has 0 atom stereocenters. The van der Waals surface area contributed by atoms with Crippen LogP contribution in [-0.2, 0) is 17.3 Å². The Labute approximate surface area is 122 Å². The molecule has 0 aromatic heterocycles. The van der Waals surface area contributed by atoms with Crippen molar-refractivity contribution < 1.29 is 17.3 Å². The van der Waals surface area contributed by atoms with Gasteiger partial charge >= 0.3 is 122 Å². The third-order valence-corrected chi connectivity index (χ3v) is 8.65. The summed E-state index contributed by atoms with van der Waals surface area (Å²) in [5.41, 5.74) is 0. The van der Waals surface area contributed by atoms with Crippen LogP contribution in [0.15, 0.2) is 85.0 Å². The number of allylic oxidation sites excluding steroid dienone is 4. The average molecular weight is 430 g/mol. The first-order valence-corrected chi connectivity index (χ1v) is 10.2. The second-order valence-corrected chi connectivity index (χ2v) is 9.63. The van der Waals surface area contributed by atoms with Gasteiger partial charge in [-0.2, -0.15) is 0 Å². The Kier molecular flexibility index (Phi) is 5.84. The van der Waals surface area contributed by atoms with Crippen molar-refractivity contribution in [2.24, 2.45) is 0 Å². The van der Waals surface area contributed by atoms with Crippen molar-refractivity contribution >= 4 is 7.91 Å². The van der Waals surface area contributed by atoms with Gasteiger partial charge in [0, 0.05) is 0 Å². The molecule has 0 aliphatic rings. The van der Waals surface area contributed by atoms with E-state index in [1.807, 2.05) is 0 Å². The molecular weight excluding hydrogens is 411 g/mol. The minimum atomic E-state index is -1.32. The predicted octanol–water partition coefficient (Wildman–Crippen LogP) is 3.81. The van der Waals surface area contributed by atoms with Crippen LogP contribution in [0.25, 0.3) is 0 Å². The van der Waals surface area contributed by atoms with E-state index in [1.54, 1.807) is 0 Å². The fourth-order valence-electron chi connectivity index (χ4n) is 1.62. The first-order valence-electron chi connectivity index (χ1n) is 6.35. The zero-order valence-corrected chi connectivity index (χ0v) is 13.4. The SMILES string of the molecule is CC=CC=C[CH2][Pt]([c]1ccccc1)[c]1ccccc1. The van der Waals surface area contributed by atoms with Crippen LogP contribution in [0.3, 0.4) is 0 Å². The van der Waals surface area contributed by atoms with E-state index in [0.717, 1.165) is 0 Å². The minimum absolute atomic E-state index is 1.18. The van der Waals surface area contributed by atoms with Gasteiger partial charge in [0.15, 0.2) is 0 Å². The summed E-state index contributed by atoms with van der Waals surface area (Å²) in [6.45, 7) is 2.05. The molecule has 19 heavy (non-hydrogen) atoms. The molecular formula is C18H19Pt. The van der Waals surface area contributed by atoms with E-state index in [0.29, 0.717) is 0 Å². The summed E-state index contributed by atoms with van der Waals surface area (Å²) >= 11 is -1.32.